The van der Waals surface area contributed by atoms with Crippen LogP contribution in [0.4, 0.5) is 4.79 Å². The Morgan fingerprint density at radius 2 is 2.12 bits per heavy atom. The molecule has 3 N–H and O–H groups in total. The molecule has 0 aromatic heterocycles. The number of rotatable bonds is 4. The Balaban J connectivity index is 1.86. The van der Waals surface area contributed by atoms with E-state index in [-0.39, 0.29) is 12.1 Å². The van der Waals surface area contributed by atoms with Gasteiger partial charge in [-0.15, -0.1) is 0 Å². The number of nitrogens with one attached hydrogen (secondary N) is 2. The maximum Gasteiger partial charge on any atom is 0.407 e. The number of hydrogen-bond acceptors (Lipinski definition) is 4. The van der Waals surface area contributed by atoms with Crippen LogP contribution in [0.15, 0.2) is 4.99 Å². The summed E-state index contributed by atoms with van der Waals surface area (Å²) in [7, 11) is 0. The summed E-state index contributed by atoms with van der Waals surface area (Å²) in [5, 5.41) is 16.4. The molecule has 1 amide bonds. The van der Waals surface area contributed by atoms with Crippen molar-refractivity contribution >= 4 is 12.1 Å². The van der Waals surface area contributed by atoms with Gasteiger partial charge in [-0.2, -0.15) is 0 Å². The van der Waals surface area contributed by atoms with Crippen molar-refractivity contribution < 1.29 is 14.6 Å². The van der Waals surface area contributed by atoms with E-state index in [1.165, 1.54) is 0 Å². The quantitative estimate of drug-likeness (QED) is 0.533. The van der Waals surface area contributed by atoms with Crippen molar-refractivity contribution in [2.45, 2.75) is 70.6 Å². The summed E-state index contributed by atoms with van der Waals surface area (Å²) in [4.78, 5) is 18.6. The van der Waals surface area contributed by atoms with Gasteiger partial charge in [0.05, 0.1) is 18.2 Å². The zero-order chi connectivity index (χ0) is 17.8. The van der Waals surface area contributed by atoms with Crippen LogP contribution < -0.4 is 10.6 Å². The van der Waals surface area contributed by atoms with Crippen molar-refractivity contribution in [3.05, 3.63) is 0 Å². The van der Waals surface area contributed by atoms with Crippen LogP contribution in [0.2, 0.25) is 0 Å². The van der Waals surface area contributed by atoms with Gasteiger partial charge in [-0.3, -0.25) is 4.99 Å². The highest BCUT2D eigenvalue weighted by Crippen LogP contribution is 2.31. The van der Waals surface area contributed by atoms with E-state index in [0.29, 0.717) is 13.1 Å². The third-order valence-electron chi connectivity index (χ3n) is 4.35. The first-order chi connectivity index (χ1) is 11.2. The normalized spacial score (nSPS) is 23.6. The number of likely N-dealkylation sites (tertiary alicyclic amines) is 1. The number of hydrogen-bond donors (Lipinski definition) is 3. The topological polar surface area (TPSA) is 86.2 Å². The second kappa shape index (κ2) is 7.59. The first kappa shape index (κ1) is 18.8. The third kappa shape index (κ3) is 5.54. The molecule has 0 aromatic carbocycles. The van der Waals surface area contributed by atoms with Crippen LogP contribution in [0.5, 0.6) is 0 Å². The van der Waals surface area contributed by atoms with Gasteiger partial charge in [0.25, 0.3) is 0 Å². The number of carbonyl (C=O) groups is 1. The summed E-state index contributed by atoms with van der Waals surface area (Å²) >= 11 is 0. The van der Waals surface area contributed by atoms with Gasteiger partial charge in [0, 0.05) is 19.6 Å². The van der Waals surface area contributed by atoms with Crippen molar-refractivity contribution in [3.8, 4) is 0 Å². The second-order valence-corrected chi connectivity index (χ2v) is 7.83. The molecular formula is C17H32N4O3. The summed E-state index contributed by atoms with van der Waals surface area (Å²) < 4.78 is 5.31. The molecule has 2 rings (SSSR count). The number of aliphatic imine (C=N–C) groups is 1. The van der Waals surface area contributed by atoms with Crippen molar-refractivity contribution in [3.63, 3.8) is 0 Å². The average molecular weight is 340 g/mol. The highest BCUT2D eigenvalue weighted by atomic mass is 16.6. The van der Waals surface area contributed by atoms with Crippen LogP contribution >= 0.6 is 0 Å². The molecule has 1 atom stereocenters. The summed E-state index contributed by atoms with van der Waals surface area (Å²) in [6.45, 7) is 10.3. The lowest BCUT2D eigenvalue weighted by atomic mass is 9.80. The largest absolute Gasteiger partial charge is 0.444 e. The fourth-order valence-electron chi connectivity index (χ4n) is 2.94. The van der Waals surface area contributed by atoms with E-state index in [1.54, 1.807) is 0 Å². The van der Waals surface area contributed by atoms with E-state index in [1.807, 2.05) is 27.7 Å². The van der Waals surface area contributed by atoms with Crippen LogP contribution in [-0.4, -0.2) is 65.5 Å². The minimum absolute atomic E-state index is 0.0514. The highest BCUT2D eigenvalue weighted by Gasteiger charge is 2.35. The Morgan fingerprint density at radius 3 is 2.67 bits per heavy atom. The first-order valence-corrected chi connectivity index (χ1v) is 8.96. The van der Waals surface area contributed by atoms with Crippen molar-refractivity contribution in [1.82, 2.24) is 15.5 Å². The average Bonchev–Trinajstić information content (AvgIpc) is 2.87. The summed E-state index contributed by atoms with van der Waals surface area (Å²) in [5.74, 6) is 0.811. The van der Waals surface area contributed by atoms with Crippen LogP contribution in [0.1, 0.15) is 53.4 Å². The molecule has 2 fully saturated rings. The molecule has 7 nitrogen and oxygen atoms in total. The molecule has 138 valence electrons. The highest BCUT2D eigenvalue weighted by molar-refractivity contribution is 5.80. The molecular weight excluding hydrogens is 308 g/mol. The molecule has 1 unspecified atom stereocenters. The SMILES string of the molecule is CCNC(=NCC1(O)CCC1)N1CCC(NC(=O)OC(C)(C)C)C1. The van der Waals surface area contributed by atoms with E-state index in [9.17, 15) is 9.90 Å². The van der Waals surface area contributed by atoms with Crippen LogP contribution in [0.25, 0.3) is 0 Å². The Bertz CT molecular complexity index is 469. The summed E-state index contributed by atoms with van der Waals surface area (Å²) in [6.07, 6.45) is 3.22. The number of amides is 1. The molecule has 1 heterocycles. The van der Waals surface area contributed by atoms with Gasteiger partial charge in [-0.25, -0.2) is 4.79 Å². The zero-order valence-electron chi connectivity index (χ0n) is 15.4. The van der Waals surface area contributed by atoms with Gasteiger partial charge in [-0.05, 0) is 53.4 Å². The maximum absolute atomic E-state index is 11.9. The minimum atomic E-state index is -0.617. The lowest BCUT2D eigenvalue weighted by Crippen LogP contribution is -2.46. The number of aliphatic hydroxyl groups is 1. The Labute approximate surface area is 144 Å². The number of ether oxygens (including phenoxy) is 1. The molecule has 1 saturated carbocycles. The number of alkyl carbamates (subject to hydrolysis) is 1. The van der Waals surface area contributed by atoms with Crippen LogP contribution in [0, 0.1) is 0 Å². The van der Waals surface area contributed by atoms with Crippen LogP contribution in [0.3, 0.4) is 0 Å². The van der Waals surface area contributed by atoms with Crippen molar-refractivity contribution in [2.75, 3.05) is 26.2 Å². The molecule has 24 heavy (non-hydrogen) atoms. The van der Waals surface area contributed by atoms with Gasteiger partial charge in [0.2, 0.25) is 0 Å². The monoisotopic (exact) mass is 340 g/mol. The van der Waals surface area contributed by atoms with Gasteiger partial charge >= 0.3 is 6.09 Å². The molecule has 1 saturated heterocycles. The Morgan fingerprint density at radius 1 is 1.42 bits per heavy atom. The molecule has 1 aliphatic carbocycles. The Hall–Kier alpha value is -1.50. The molecule has 1 aliphatic heterocycles. The van der Waals surface area contributed by atoms with Crippen LogP contribution in [-0.2, 0) is 4.74 Å². The molecule has 0 aromatic rings. The molecule has 0 radical (unpaired) electrons. The van der Waals surface area contributed by atoms with E-state index < -0.39 is 11.2 Å². The van der Waals surface area contributed by atoms with Gasteiger partial charge in [-0.1, -0.05) is 0 Å². The predicted octanol–water partition coefficient (Wildman–Crippen LogP) is 1.47. The predicted molar refractivity (Wildman–Crippen MR) is 94.1 cm³/mol. The van der Waals surface area contributed by atoms with E-state index >= 15 is 0 Å². The van der Waals surface area contributed by atoms with E-state index in [0.717, 1.165) is 44.7 Å². The fourth-order valence-corrected chi connectivity index (χ4v) is 2.94. The van der Waals surface area contributed by atoms with E-state index in [4.69, 9.17) is 4.74 Å². The number of carbonyl (C=O) groups excluding carboxylic acids is 1. The lowest BCUT2D eigenvalue weighted by Gasteiger charge is -2.35. The molecule has 0 bridgehead atoms. The fraction of sp³-hybridized carbons (Fsp3) is 0.882. The smallest absolute Gasteiger partial charge is 0.407 e. The standard InChI is InChI=1S/C17H32N4O3/c1-5-18-14(19-12-17(23)8-6-9-17)21-10-7-13(11-21)20-15(22)24-16(2,3)4/h13,23H,5-12H2,1-4H3,(H,18,19)(H,20,22). The van der Waals surface area contributed by atoms with Gasteiger partial charge < -0.3 is 25.4 Å². The Kier molecular flexibility index (Phi) is 5.96. The summed E-state index contributed by atoms with van der Waals surface area (Å²) in [6, 6.07) is 0.0514. The third-order valence-corrected chi connectivity index (χ3v) is 4.35. The minimum Gasteiger partial charge on any atom is -0.444 e. The van der Waals surface area contributed by atoms with Gasteiger partial charge in [0.15, 0.2) is 5.96 Å². The van der Waals surface area contributed by atoms with Gasteiger partial charge in [0.1, 0.15) is 5.60 Å². The van der Waals surface area contributed by atoms with Crippen molar-refractivity contribution in [2.24, 2.45) is 4.99 Å². The zero-order valence-corrected chi connectivity index (χ0v) is 15.4. The first-order valence-electron chi connectivity index (χ1n) is 8.96. The lowest BCUT2D eigenvalue weighted by molar-refractivity contribution is -0.0237. The van der Waals surface area contributed by atoms with Crippen molar-refractivity contribution in [1.29, 1.82) is 0 Å². The summed E-state index contributed by atoms with van der Waals surface area (Å²) in [5.41, 5.74) is -1.11. The number of nitrogens with zero attached hydrogens (tertiary/aromatic N) is 2. The van der Waals surface area contributed by atoms with E-state index in [2.05, 4.69) is 20.5 Å². The number of guanidine groups is 1. The molecule has 2 aliphatic rings. The second-order valence-electron chi connectivity index (χ2n) is 7.83. The maximum atomic E-state index is 11.9. The molecule has 0 spiro atoms. The molecule has 7 heteroatoms.